The quantitative estimate of drug-likeness (QED) is 0.856. The average molecular weight is 354 g/mol. The number of likely N-dealkylation sites (tertiary alicyclic amines) is 1. The van der Waals surface area contributed by atoms with Crippen molar-refractivity contribution in [3.05, 3.63) is 65.5 Å². The number of fused-ring (bicyclic) bond motifs is 1. The maximum Gasteiger partial charge on any atom is 0.256 e. The molecule has 0 aliphatic carbocycles. The van der Waals surface area contributed by atoms with E-state index in [1.54, 1.807) is 35.2 Å². The maximum atomic E-state index is 13.9. The number of para-hydroxylation sites is 1. The van der Waals surface area contributed by atoms with Crippen LogP contribution < -0.4 is 10.1 Å². The van der Waals surface area contributed by atoms with Crippen LogP contribution in [-0.4, -0.2) is 41.9 Å². The molecule has 0 saturated carbocycles. The van der Waals surface area contributed by atoms with Gasteiger partial charge in [-0.15, -0.1) is 0 Å². The van der Waals surface area contributed by atoms with Crippen LogP contribution in [0.3, 0.4) is 0 Å². The second kappa shape index (κ2) is 6.44. The topological polar surface area (TPSA) is 58.6 Å². The summed E-state index contributed by atoms with van der Waals surface area (Å²) in [5.41, 5.74) is 0.0620. The number of piperidine rings is 1. The van der Waals surface area contributed by atoms with E-state index in [-0.39, 0.29) is 17.4 Å². The van der Waals surface area contributed by atoms with E-state index in [0.29, 0.717) is 43.8 Å². The standard InChI is InChI=1S/C20H19FN2O3/c21-16-7-3-1-5-14(16)19(25)23-11-9-20(10-12-23)13-22-18(24)15-6-2-4-8-17(15)26-20/h1-8H,9-13H2,(H,22,24). The van der Waals surface area contributed by atoms with Crippen LogP contribution in [0.2, 0.25) is 0 Å². The SMILES string of the molecule is O=C1NCC2(CCN(C(=O)c3ccccc3F)CC2)Oc2ccccc21. The fraction of sp³-hybridized carbons (Fsp3) is 0.300. The maximum absolute atomic E-state index is 13.9. The Morgan fingerprint density at radius 1 is 1.08 bits per heavy atom. The van der Waals surface area contributed by atoms with Crippen molar-refractivity contribution in [3.63, 3.8) is 0 Å². The fourth-order valence-corrected chi connectivity index (χ4v) is 3.55. The van der Waals surface area contributed by atoms with Crippen LogP contribution >= 0.6 is 0 Å². The van der Waals surface area contributed by atoms with Crippen molar-refractivity contribution in [1.29, 1.82) is 0 Å². The highest BCUT2D eigenvalue weighted by Gasteiger charge is 2.41. The van der Waals surface area contributed by atoms with Crippen LogP contribution in [0.15, 0.2) is 48.5 Å². The summed E-state index contributed by atoms with van der Waals surface area (Å²) in [6, 6.07) is 13.2. The first-order chi connectivity index (χ1) is 12.6. The molecular formula is C20H19FN2O3. The third-order valence-electron chi connectivity index (χ3n) is 5.10. The van der Waals surface area contributed by atoms with Crippen molar-refractivity contribution in [1.82, 2.24) is 10.2 Å². The Hall–Kier alpha value is -2.89. The monoisotopic (exact) mass is 354 g/mol. The van der Waals surface area contributed by atoms with Gasteiger partial charge in [-0.25, -0.2) is 4.39 Å². The van der Waals surface area contributed by atoms with Gasteiger partial charge in [-0.2, -0.15) is 0 Å². The lowest BCUT2D eigenvalue weighted by molar-refractivity contribution is 0.00757. The Balaban J connectivity index is 1.51. The van der Waals surface area contributed by atoms with Crippen LogP contribution in [0, 0.1) is 5.82 Å². The Labute approximate surface area is 150 Å². The van der Waals surface area contributed by atoms with E-state index in [1.165, 1.54) is 12.1 Å². The normalized spacial score (nSPS) is 18.5. The largest absolute Gasteiger partial charge is 0.484 e. The zero-order valence-corrected chi connectivity index (χ0v) is 14.2. The summed E-state index contributed by atoms with van der Waals surface area (Å²) in [6.45, 7) is 1.29. The number of carbonyl (C=O) groups is 2. The number of nitrogens with one attached hydrogen (secondary N) is 1. The zero-order valence-electron chi connectivity index (χ0n) is 14.2. The molecule has 1 saturated heterocycles. The number of hydrogen-bond donors (Lipinski definition) is 1. The fourth-order valence-electron chi connectivity index (χ4n) is 3.55. The Kier molecular flexibility index (Phi) is 4.11. The molecule has 134 valence electrons. The molecule has 2 amide bonds. The molecule has 0 bridgehead atoms. The minimum Gasteiger partial charge on any atom is -0.484 e. The number of carbonyl (C=O) groups excluding carboxylic acids is 2. The summed E-state index contributed by atoms with van der Waals surface area (Å²) in [4.78, 5) is 26.5. The number of ether oxygens (including phenoxy) is 1. The van der Waals surface area contributed by atoms with Gasteiger partial charge in [-0.3, -0.25) is 9.59 Å². The smallest absolute Gasteiger partial charge is 0.256 e. The number of benzene rings is 2. The molecule has 0 radical (unpaired) electrons. The van der Waals surface area contributed by atoms with E-state index in [4.69, 9.17) is 4.74 Å². The van der Waals surface area contributed by atoms with Crippen LogP contribution in [0.5, 0.6) is 5.75 Å². The Bertz CT molecular complexity index is 860. The lowest BCUT2D eigenvalue weighted by atomic mass is 9.90. The molecule has 2 heterocycles. The highest BCUT2D eigenvalue weighted by atomic mass is 19.1. The van der Waals surface area contributed by atoms with Gasteiger partial charge >= 0.3 is 0 Å². The molecule has 1 fully saturated rings. The van der Waals surface area contributed by atoms with E-state index < -0.39 is 11.4 Å². The summed E-state index contributed by atoms with van der Waals surface area (Å²) in [5.74, 6) is -0.403. The average Bonchev–Trinajstić information content (AvgIpc) is 2.80. The molecule has 26 heavy (non-hydrogen) atoms. The summed E-state index contributed by atoms with van der Waals surface area (Å²) in [5, 5.41) is 2.92. The molecular weight excluding hydrogens is 335 g/mol. The highest BCUT2D eigenvalue weighted by molar-refractivity contribution is 5.97. The van der Waals surface area contributed by atoms with Gasteiger partial charge in [0, 0.05) is 25.9 Å². The lowest BCUT2D eigenvalue weighted by Crippen LogP contribution is -2.54. The molecule has 0 aromatic heterocycles. The van der Waals surface area contributed by atoms with Gasteiger partial charge in [0.05, 0.1) is 17.7 Å². The molecule has 0 unspecified atom stereocenters. The van der Waals surface area contributed by atoms with Crippen molar-refractivity contribution in [3.8, 4) is 5.75 Å². The predicted molar refractivity (Wildman–Crippen MR) is 93.7 cm³/mol. The van der Waals surface area contributed by atoms with Crippen molar-refractivity contribution in [2.45, 2.75) is 18.4 Å². The van der Waals surface area contributed by atoms with E-state index in [1.807, 2.05) is 6.07 Å². The van der Waals surface area contributed by atoms with E-state index in [2.05, 4.69) is 5.32 Å². The molecule has 4 rings (SSSR count). The molecule has 5 nitrogen and oxygen atoms in total. The lowest BCUT2D eigenvalue weighted by Gasteiger charge is -2.41. The van der Waals surface area contributed by atoms with Crippen LogP contribution in [0.4, 0.5) is 4.39 Å². The van der Waals surface area contributed by atoms with Gasteiger partial charge in [-0.1, -0.05) is 24.3 Å². The van der Waals surface area contributed by atoms with Crippen LogP contribution in [0.1, 0.15) is 33.6 Å². The second-order valence-corrected chi connectivity index (χ2v) is 6.74. The minimum atomic E-state index is -0.547. The first-order valence-electron chi connectivity index (χ1n) is 8.68. The molecule has 1 N–H and O–H groups in total. The summed E-state index contributed by atoms with van der Waals surface area (Å²) < 4.78 is 20.1. The second-order valence-electron chi connectivity index (χ2n) is 6.74. The molecule has 2 aromatic rings. The molecule has 0 atom stereocenters. The molecule has 2 aliphatic heterocycles. The molecule has 2 aliphatic rings. The van der Waals surface area contributed by atoms with E-state index in [0.717, 1.165) is 0 Å². The highest BCUT2D eigenvalue weighted by Crippen LogP contribution is 2.33. The van der Waals surface area contributed by atoms with Crippen LogP contribution in [0.25, 0.3) is 0 Å². The van der Waals surface area contributed by atoms with Crippen LogP contribution in [-0.2, 0) is 0 Å². The Morgan fingerprint density at radius 2 is 1.77 bits per heavy atom. The summed E-state index contributed by atoms with van der Waals surface area (Å²) >= 11 is 0. The summed E-state index contributed by atoms with van der Waals surface area (Å²) in [7, 11) is 0. The number of amides is 2. The molecule has 2 aromatic carbocycles. The first-order valence-corrected chi connectivity index (χ1v) is 8.68. The minimum absolute atomic E-state index is 0.0869. The van der Waals surface area contributed by atoms with E-state index >= 15 is 0 Å². The van der Waals surface area contributed by atoms with Crippen molar-refractivity contribution >= 4 is 11.8 Å². The van der Waals surface area contributed by atoms with E-state index in [9.17, 15) is 14.0 Å². The summed E-state index contributed by atoms with van der Waals surface area (Å²) in [6.07, 6.45) is 1.14. The number of rotatable bonds is 1. The third kappa shape index (κ3) is 2.92. The van der Waals surface area contributed by atoms with Gasteiger partial charge < -0.3 is 15.0 Å². The van der Waals surface area contributed by atoms with Crippen molar-refractivity contribution in [2.75, 3.05) is 19.6 Å². The predicted octanol–water partition coefficient (Wildman–Crippen LogP) is 2.62. The van der Waals surface area contributed by atoms with Gasteiger partial charge in [0.25, 0.3) is 11.8 Å². The molecule has 1 spiro atoms. The third-order valence-corrected chi connectivity index (χ3v) is 5.10. The van der Waals surface area contributed by atoms with Gasteiger partial charge in [0.1, 0.15) is 17.2 Å². The number of halogens is 1. The Morgan fingerprint density at radius 3 is 2.54 bits per heavy atom. The number of nitrogens with zero attached hydrogens (tertiary/aromatic N) is 1. The molecule has 6 heteroatoms. The van der Waals surface area contributed by atoms with Gasteiger partial charge in [0.2, 0.25) is 0 Å². The number of hydrogen-bond acceptors (Lipinski definition) is 3. The van der Waals surface area contributed by atoms with Crippen molar-refractivity contribution in [2.24, 2.45) is 0 Å². The van der Waals surface area contributed by atoms with Gasteiger partial charge in [0.15, 0.2) is 0 Å². The first kappa shape index (κ1) is 16.6. The zero-order chi connectivity index (χ0) is 18.1. The van der Waals surface area contributed by atoms with Gasteiger partial charge in [-0.05, 0) is 24.3 Å². The van der Waals surface area contributed by atoms with Crippen molar-refractivity contribution < 1.29 is 18.7 Å².